The van der Waals surface area contributed by atoms with Gasteiger partial charge in [0, 0.05) is 30.8 Å². The van der Waals surface area contributed by atoms with Gasteiger partial charge in [-0.2, -0.15) is 0 Å². The van der Waals surface area contributed by atoms with Crippen LogP contribution in [0.2, 0.25) is 0 Å². The third-order valence-corrected chi connectivity index (χ3v) is 6.27. The first-order chi connectivity index (χ1) is 15.0. The van der Waals surface area contributed by atoms with E-state index in [1.54, 1.807) is 4.90 Å². The third kappa shape index (κ3) is 6.41. The van der Waals surface area contributed by atoms with Gasteiger partial charge in [-0.15, -0.1) is 0 Å². The van der Waals surface area contributed by atoms with Gasteiger partial charge in [0.1, 0.15) is 11.2 Å². The van der Waals surface area contributed by atoms with E-state index in [0.717, 1.165) is 24.0 Å². The second-order valence-electron chi connectivity index (χ2n) is 12.2. The summed E-state index contributed by atoms with van der Waals surface area (Å²) in [7, 11) is -0.510. The average Bonchev–Trinajstić information content (AvgIpc) is 2.86. The number of carbonyl (C=O) groups is 1. The third-order valence-electron chi connectivity index (χ3n) is 6.27. The zero-order chi connectivity index (χ0) is 24.8. The van der Waals surface area contributed by atoms with Crippen LogP contribution in [0.25, 0.3) is 0 Å². The van der Waals surface area contributed by atoms with E-state index in [4.69, 9.17) is 23.8 Å². The van der Waals surface area contributed by atoms with Crippen LogP contribution in [0.5, 0.6) is 5.88 Å². The van der Waals surface area contributed by atoms with Crippen molar-refractivity contribution < 1.29 is 23.6 Å². The lowest BCUT2D eigenvalue weighted by molar-refractivity contribution is 0.00578. The van der Waals surface area contributed by atoms with Crippen LogP contribution in [0, 0.1) is 0 Å². The second-order valence-corrected chi connectivity index (χ2v) is 12.2. The smallest absolute Gasteiger partial charge is 0.472 e. The molecule has 2 saturated heterocycles. The van der Waals surface area contributed by atoms with Gasteiger partial charge in [-0.1, -0.05) is 0 Å². The van der Waals surface area contributed by atoms with Gasteiger partial charge in [0.25, 0.3) is 0 Å². The van der Waals surface area contributed by atoms with Gasteiger partial charge in [-0.3, -0.25) is 0 Å². The Morgan fingerprint density at radius 3 is 2.21 bits per heavy atom. The maximum atomic E-state index is 12.7. The molecule has 0 aromatic carbocycles. The zero-order valence-electron chi connectivity index (χ0n) is 22.1. The lowest BCUT2D eigenvalue weighted by atomic mass is 9.78. The van der Waals surface area contributed by atoms with Crippen LogP contribution in [0.15, 0.2) is 12.1 Å². The van der Waals surface area contributed by atoms with Gasteiger partial charge in [0.2, 0.25) is 5.88 Å². The van der Waals surface area contributed by atoms with Crippen molar-refractivity contribution in [3.8, 4) is 5.88 Å². The summed E-state index contributed by atoms with van der Waals surface area (Å²) in [5.41, 5.74) is -0.0303. The summed E-state index contributed by atoms with van der Waals surface area (Å²) in [6.07, 6.45) is 1.55. The van der Waals surface area contributed by atoms with Gasteiger partial charge in [-0.05, 0) is 93.6 Å². The second kappa shape index (κ2) is 8.77. The molecule has 0 bridgehead atoms. The van der Waals surface area contributed by atoms with E-state index in [1.807, 2.05) is 81.4 Å². The maximum absolute atomic E-state index is 12.7. The number of ether oxygens (including phenoxy) is 2. The number of hydrogen-bond donors (Lipinski definition) is 0. The molecule has 0 saturated carbocycles. The zero-order valence-corrected chi connectivity index (χ0v) is 22.1. The highest BCUT2D eigenvalue weighted by atomic mass is 16.7. The van der Waals surface area contributed by atoms with E-state index in [1.165, 1.54) is 0 Å². The highest BCUT2D eigenvalue weighted by molar-refractivity contribution is 6.62. The predicted molar refractivity (Wildman–Crippen MR) is 130 cm³/mol. The molecule has 0 radical (unpaired) electrons. The molecule has 3 rings (SSSR count). The SMILES string of the molecule is CC(C)(C)OC(=O)N1CCCC(c2cc(B3OC(C)(C)C(C)(C)O3)cc(OC(C)(C)C)n2)C1. The van der Waals surface area contributed by atoms with Crippen LogP contribution in [-0.4, -0.2) is 58.6 Å². The summed E-state index contributed by atoms with van der Waals surface area (Å²) < 4.78 is 24.4. The van der Waals surface area contributed by atoms with E-state index in [-0.39, 0.29) is 12.0 Å². The molecule has 0 spiro atoms. The van der Waals surface area contributed by atoms with Crippen LogP contribution in [0.3, 0.4) is 0 Å². The Labute approximate surface area is 199 Å². The van der Waals surface area contributed by atoms with Crippen LogP contribution in [0.1, 0.15) is 93.7 Å². The molecular weight excluding hydrogens is 419 g/mol. The molecule has 33 heavy (non-hydrogen) atoms. The number of carbonyl (C=O) groups excluding carboxylic acids is 1. The minimum Gasteiger partial charge on any atom is -0.472 e. The summed E-state index contributed by atoms with van der Waals surface area (Å²) in [6.45, 7) is 21.1. The first kappa shape index (κ1) is 25.8. The molecule has 3 heterocycles. The number of rotatable bonds is 3. The Kier molecular flexibility index (Phi) is 6.86. The molecular formula is C25H41BN2O5. The number of hydrogen-bond acceptors (Lipinski definition) is 6. The average molecular weight is 460 g/mol. The quantitative estimate of drug-likeness (QED) is 0.611. The van der Waals surface area contributed by atoms with Gasteiger partial charge < -0.3 is 23.7 Å². The van der Waals surface area contributed by atoms with Crippen LogP contribution >= 0.6 is 0 Å². The monoisotopic (exact) mass is 460 g/mol. The van der Waals surface area contributed by atoms with E-state index < -0.39 is 29.5 Å². The lowest BCUT2D eigenvalue weighted by Crippen LogP contribution is -2.43. The minimum atomic E-state index is -0.521. The summed E-state index contributed by atoms with van der Waals surface area (Å²) in [4.78, 5) is 19.3. The van der Waals surface area contributed by atoms with Crippen molar-refractivity contribution in [3.05, 3.63) is 17.8 Å². The van der Waals surface area contributed by atoms with Crippen molar-refractivity contribution in [1.29, 1.82) is 0 Å². The summed E-state index contributed by atoms with van der Waals surface area (Å²) in [6, 6.07) is 3.95. The molecule has 8 heteroatoms. The topological polar surface area (TPSA) is 70.1 Å². The van der Waals surface area contributed by atoms with Crippen molar-refractivity contribution in [2.24, 2.45) is 0 Å². The normalized spacial score (nSPS) is 22.9. The van der Waals surface area contributed by atoms with Gasteiger partial charge >= 0.3 is 13.2 Å². The highest BCUT2D eigenvalue weighted by Crippen LogP contribution is 2.37. The largest absolute Gasteiger partial charge is 0.495 e. The molecule has 2 aliphatic rings. The first-order valence-corrected chi connectivity index (χ1v) is 12.0. The number of likely N-dealkylation sites (tertiary alicyclic amines) is 1. The Hall–Kier alpha value is -1.80. The van der Waals surface area contributed by atoms with Crippen molar-refractivity contribution >= 4 is 18.7 Å². The van der Waals surface area contributed by atoms with Gasteiger partial charge in [0.15, 0.2) is 0 Å². The van der Waals surface area contributed by atoms with Crippen LogP contribution < -0.4 is 10.2 Å². The van der Waals surface area contributed by atoms with E-state index in [9.17, 15) is 4.79 Å². The molecule has 1 aromatic rings. The molecule has 2 aliphatic heterocycles. The summed E-state index contributed by atoms with van der Waals surface area (Å²) in [5, 5.41) is 0. The predicted octanol–water partition coefficient (Wildman–Crippen LogP) is 4.67. The number of aromatic nitrogens is 1. The summed E-state index contributed by atoms with van der Waals surface area (Å²) in [5.74, 6) is 0.620. The molecule has 1 amide bonds. The van der Waals surface area contributed by atoms with Crippen molar-refractivity contribution in [2.75, 3.05) is 13.1 Å². The van der Waals surface area contributed by atoms with Crippen LogP contribution in [0.4, 0.5) is 4.79 Å². The Morgan fingerprint density at radius 1 is 1.06 bits per heavy atom. The fraction of sp³-hybridized carbons (Fsp3) is 0.760. The Bertz CT molecular complexity index is 857. The molecule has 0 aliphatic carbocycles. The molecule has 1 atom stereocenters. The van der Waals surface area contributed by atoms with Crippen molar-refractivity contribution in [1.82, 2.24) is 9.88 Å². The minimum absolute atomic E-state index is 0.0796. The summed E-state index contributed by atoms with van der Waals surface area (Å²) >= 11 is 0. The molecule has 1 unspecified atom stereocenters. The number of amides is 1. The number of piperidine rings is 1. The fourth-order valence-corrected chi connectivity index (χ4v) is 3.95. The highest BCUT2D eigenvalue weighted by Gasteiger charge is 2.52. The van der Waals surface area contributed by atoms with Gasteiger partial charge in [0.05, 0.1) is 11.2 Å². The van der Waals surface area contributed by atoms with Crippen LogP contribution in [-0.2, 0) is 14.0 Å². The maximum Gasteiger partial charge on any atom is 0.495 e. The Morgan fingerprint density at radius 2 is 1.67 bits per heavy atom. The number of pyridine rings is 1. The van der Waals surface area contributed by atoms with Crippen molar-refractivity contribution in [3.63, 3.8) is 0 Å². The molecule has 2 fully saturated rings. The van der Waals surface area contributed by atoms with Crippen molar-refractivity contribution in [2.45, 2.75) is 110 Å². The Balaban J connectivity index is 1.90. The fourth-order valence-electron chi connectivity index (χ4n) is 3.95. The van der Waals surface area contributed by atoms with E-state index in [2.05, 4.69) is 0 Å². The molecule has 0 N–H and O–H groups in total. The molecule has 7 nitrogen and oxygen atoms in total. The molecule has 184 valence electrons. The number of nitrogens with zero attached hydrogens (tertiary/aromatic N) is 2. The van der Waals surface area contributed by atoms with E-state index in [0.29, 0.717) is 19.0 Å². The molecule has 1 aromatic heterocycles. The lowest BCUT2D eigenvalue weighted by Gasteiger charge is -2.34. The first-order valence-electron chi connectivity index (χ1n) is 12.0. The van der Waals surface area contributed by atoms with E-state index >= 15 is 0 Å². The van der Waals surface area contributed by atoms with Gasteiger partial charge in [-0.25, -0.2) is 9.78 Å². The standard InChI is InChI=1S/C25H41BN2O5/c1-22(2,3)30-20-15-18(26-32-24(7,8)25(9,10)33-26)14-19(27-20)17-12-11-13-28(16-17)21(29)31-23(4,5)6/h14-15,17H,11-13,16H2,1-10H3.